The van der Waals surface area contributed by atoms with Crippen molar-refractivity contribution in [1.82, 2.24) is 5.32 Å². The molecule has 0 amide bonds. The molecule has 20 heavy (non-hydrogen) atoms. The normalized spacial score (nSPS) is 15.4. The van der Waals surface area contributed by atoms with Crippen LogP contribution in [0.3, 0.4) is 0 Å². The Morgan fingerprint density at radius 2 is 1.85 bits per heavy atom. The second-order valence-electron chi connectivity index (χ2n) is 5.11. The molecular weight excluding hydrogens is 254 g/mol. The molecule has 0 bridgehead atoms. The van der Waals surface area contributed by atoms with E-state index < -0.39 is 0 Å². The van der Waals surface area contributed by atoms with Crippen molar-refractivity contribution in [3.8, 4) is 5.75 Å². The highest BCUT2D eigenvalue weighted by Crippen LogP contribution is 2.22. The van der Waals surface area contributed by atoms with E-state index in [0.717, 1.165) is 18.4 Å². The van der Waals surface area contributed by atoms with Crippen molar-refractivity contribution >= 4 is 5.97 Å². The van der Waals surface area contributed by atoms with E-state index in [1.54, 1.807) is 12.1 Å². The summed E-state index contributed by atoms with van der Waals surface area (Å²) in [6, 6.07) is 6.83. The summed E-state index contributed by atoms with van der Waals surface area (Å²) in [5.41, 5.74) is 1.06. The molecule has 0 aliphatic heterocycles. The molecule has 0 saturated heterocycles. The molecule has 0 aromatic heterocycles. The molecule has 1 aromatic rings. The summed E-state index contributed by atoms with van der Waals surface area (Å²) < 4.78 is 4.89. The van der Waals surface area contributed by atoms with Gasteiger partial charge in [0.1, 0.15) is 11.8 Å². The van der Waals surface area contributed by atoms with E-state index in [-0.39, 0.29) is 29.7 Å². The highest BCUT2D eigenvalue weighted by molar-refractivity contribution is 5.76. The van der Waals surface area contributed by atoms with Crippen LogP contribution in [0.1, 0.15) is 45.2 Å². The summed E-state index contributed by atoms with van der Waals surface area (Å²) in [6.45, 7) is 6.16. The molecule has 4 heteroatoms. The number of methoxy groups -OCH3 is 1. The standard InChI is InChI=1S/C16H25NO3/c1-5-11(3)15(16(19)20-4)17-14(6-2)12-7-9-13(18)10-8-12/h7-11,14-15,17-18H,5-6H2,1-4H3. The Kier molecular flexibility index (Phi) is 6.52. The van der Waals surface area contributed by atoms with Crippen LogP contribution in [0.2, 0.25) is 0 Å². The van der Waals surface area contributed by atoms with Gasteiger partial charge in [0.2, 0.25) is 0 Å². The van der Waals surface area contributed by atoms with E-state index in [2.05, 4.69) is 19.2 Å². The summed E-state index contributed by atoms with van der Waals surface area (Å²) in [6.07, 6.45) is 1.76. The van der Waals surface area contributed by atoms with Crippen molar-refractivity contribution in [2.24, 2.45) is 5.92 Å². The van der Waals surface area contributed by atoms with E-state index in [1.807, 2.05) is 19.1 Å². The number of aromatic hydroxyl groups is 1. The highest BCUT2D eigenvalue weighted by atomic mass is 16.5. The Labute approximate surface area is 121 Å². The Bertz CT molecular complexity index is 416. The summed E-state index contributed by atoms with van der Waals surface area (Å²) >= 11 is 0. The molecule has 3 unspecified atom stereocenters. The first kappa shape index (κ1) is 16.5. The maximum Gasteiger partial charge on any atom is 0.323 e. The Morgan fingerprint density at radius 1 is 1.25 bits per heavy atom. The number of hydrogen-bond acceptors (Lipinski definition) is 4. The second kappa shape index (κ2) is 7.90. The van der Waals surface area contributed by atoms with Crippen LogP contribution >= 0.6 is 0 Å². The third-order valence-electron chi connectivity index (χ3n) is 3.75. The van der Waals surface area contributed by atoms with Crippen LogP contribution in [0.25, 0.3) is 0 Å². The molecular formula is C16H25NO3. The first-order chi connectivity index (χ1) is 9.53. The molecule has 0 radical (unpaired) electrons. The molecule has 0 saturated carbocycles. The number of carbonyl (C=O) groups excluding carboxylic acids is 1. The number of phenols is 1. The minimum atomic E-state index is -0.316. The fourth-order valence-electron chi connectivity index (χ4n) is 2.20. The molecule has 3 atom stereocenters. The predicted octanol–water partition coefficient (Wildman–Crippen LogP) is 3.02. The average Bonchev–Trinajstić information content (AvgIpc) is 2.48. The lowest BCUT2D eigenvalue weighted by molar-refractivity contribution is -0.144. The van der Waals surface area contributed by atoms with Crippen LogP contribution in [0.5, 0.6) is 5.75 Å². The van der Waals surface area contributed by atoms with Gasteiger partial charge in [-0.25, -0.2) is 0 Å². The van der Waals surface area contributed by atoms with E-state index in [0.29, 0.717) is 0 Å². The minimum Gasteiger partial charge on any atom is -0.508 e. The summed E-state index contributed by atoms with van der Waals surface area (Å²) in [5.74, 6) is 0.222. The lowest BCUT2D eigenvalue weighted by Crippen LogP contribution is -2.44. The molecule has 1 aromatic carbocycles. The quantitative estimate of drug-likeness (QED) is 0.753. The van der Waals surface area contributed by atoms with Crippen molar-refractivity contribution < 1.29 is 14.6 Å². The van der Waals surface area contributed by atoms with Gasteiger partial charge in [-0.3, -0.25) is 10.1 Å². The van der Waals surface area contributed by atoms with Crippen LogP contribution in [-0.4, -0.2) is 24.2 Å². The van der Waals surface area contributed by atoms with Crippen molar-refractivity contribution in [2.75, 3.05) is 7.11 Å². The van der Waals surface area contributed by atoms with Crippen LogP contribution < -0.4 is 5.32 Å². The predicted molar refractivity (Wildman–Crippen MR) is 79.5 cm³/mol. The number of esters is 1. The molecule has 0 fully saturated rings. The van der Waals surface area contributed by atoms with Gasteiger partial charge in [0.05, 0.1) is 7.11 Å². The third kappa shape index (κ3) is 4.23. The Balaban J connectivity index is 2.88. The zero-order valence-electron chi connectivity index (χ0n) is 12.7. The van der Waals surface area contributed by atoms with Crippen LogP contribution in [0, 0.1) is 5.92 Å². The SMILES string of the molecule is CCC(NC(C(=O)OC)C(C)CC)c1ccc(O)cc1. The Morgan fingerprint density at radius 3 is 2.30 bits per heavy atom. The van der Waals surface area contributed by atoms with Gasteiger partial charge in [-0.2, -0.15) is 0 Å². The van der Waals surface area contributed by atoms with Crippen LogP contribution in [0.15, 0.2) is 24.3 Å². The molecule has 0 aliphatic carbocycles. The van der Waals surface area contributed by atoms with Gasteiger partial charge in [-0.1, -0.05) is 39.3 Å². The van der Waals surface area contributed by atoms with E-state index >= 15 is 0 Å². The van der Waals surface area contributed by atoms with Gasteiger partial charge in [-0.05, 0) is 30.0 Å². The first-order valence-corrected chi connectivity index (χ1v) is 7.16. The van der Waals surface area contributed by atoms with E-state index in [1.165, 1.54) is 7.11 Å². The van der Waals surface area contributed by atoms with Crippen molar-refractivity contribution in [2.45, 2.75) is 45.7 Å². The van der Waals surface area contributed by atoms with E-state index in [4.69, 9.17) is 4.74 Å². The van der Waals surface area contributed by atoms with Crippen molar-refractivity contribution in [1.29, 1.82) is 0 Å². The third-order valence-corrected chi connectivity index (χ3v) is 3.75. The van der Waals surface area contributed by atoms with Gasteiger partial charge in [0, 0.05) is 6.04 Å². The molecule has 2 N–H and O–H groups in total. The summed E-state index contributed by atoms with van der Waals surface area (Å²) in [7, 11) is 1.42. The second-order valence-corrected chi connectivity index (χ2v) is 5.11. The molecule has 0 heterocycles. The number of benzene rings is 1. The van der Waals surface area contributed by atoms with Crippen molar-refractivity contribution in [3.63, 3.8) is 0 Å². The van der Waals surface area contributed by atoms with Crippen molar-refractivity contribution in [3.05, 3.63) is 29.8 Å². The monoisotopic (exact) mass is 279 g/mol. The first-order valence-electron chi connectivity index (χ1n) is 7.16. The van der Waals surface area contributed by atoms with Gasteiger partial charge in [0.25, 0.3) is 0 Å². The molecule has 4 nitrogen and oxygen atoms in total. The molecule has 0 spiro atoms. The van der Waals surface area contributed by atoms with Gasteiger partial charge >= 0.3 is 5.97 Å². The smallest absolute Gasteiger partial charge is 0.323 e. The van der Waals surface area contributed by atoms with Crippen LogP contribution in [0.4, 0.5) is 0 Å². The topological polar surface area (TPSA) is 58.6 Å². The number of carbonyl (C=O) groups is 1. The number of hydrogen-bond donors (Lipinski definition) is 2. The highest BCUT2D eigenvalue weighted by Gasteiger charge is 2.27. The van der Waals surface area contributed by atoms with E-state index in [9.17, 15) is 9.90 Å². The van der Waals surface area contributed by atoms with Gasteiger partial charge in [-0.15, -0.1) is 0 Å². The number of rotatable bonds is 7. The lowest BCUT2D eigenvalue weighted by Gasteiger charge is -2.27. The molecule has 1 rings (SSSR count). The molecule has 0 aliphatic rings. The fraction of sp³-hybridized carbons (Fsp3) is 0.562. The number of ether oxygens (including phenoxy) is 1. The van der Waals surface area contributed by atoms with Gasteiger partial charge < -0.3 is 9.84 Å². The summed E-state index contributed by atoms with van der Waals surface area (Å²) in [5, 5.41) is 12.7. The largest absolute Gasteiger partial charge is 0.508 e. The summed E-state index contributed by atoms with van der Waals surface area (Å²) in [4.78, 5) is 11.9. The number of nitrogens with one attached hydrogen (secondary N) is 1. The molecule has 112 valence electrons. The average molecular weight is 279 g/mol. The maximum absolute atomic E-state index is 11.9. The lowest BCUT2D eigenvalue weighted by atomic mass is 9.96. The van der Waals surface area contributed by atoms with Crippen LogP contribution in [-0.2, 0) is 9.53 Å². The fourth-order valence-corrected chi connectivity index (χ4v) is 2.20. The minimum absolute atomic E-state index is 0.0636. The maximum atomic E-state index is 11.9. The van der Waals surface area contributed by atoms with Gasteiger partial charge in [0.15, 0.2) is 0 Å². The zero-order chi connectivity index (χ0) is 15.1. The zero-order valence-corrected chi connectivity index (χ0v) is 12.7. The Hall–Kier alpha value is -1.55. The number of phenolic OH excluding ortho intramolecular Hbond substituents is 1.